The van der Waals surface area contributed by atoms with Crippen LogP contribution in [0.25, 0.3) is 0 Å². The van der Waals surface area contributed by atoms with Gasteiger partial charge in [0, 0.05) is 19.3 Å². The van der Waals surface area contributed by atoms with Crippen molar-refractivity contribution in [2.75, 3.05) is 31.5 Å². The zero-order valence-electron chi connectivity index (χ0n) is 11.1. The quantitative estimate of drug-likeness (QED) is 0.747. The van der Waals surface area contributed by atoms with E-state index in [0.717, 1.165) is 19.6 Å². The molecule has 0 radical (unpaired) electrons. The first-order valence-electron chi connectivity index (χ1n) is 6.62. The number of nitrogens with one attached hydrogen (secondary N) is 2. The number of nitrogens with zero attached hydrogens (tertiary/aromatic N) is 2. The zero-order chi connectivity index (χ0) is 14.4. The van der Waals surface area contributed by atoms with Crippen molar-refractivity contribution in [1.29, 1.82) is 0 Å². The van der Waals surface area contributed by atoms with Crippen molar-refractivity contribution in [3.8, 4) is 0 Å². The van der Waals surface area contributed by atoms with Crippen LogP contribution in [-0.4, -0.2) is 53.2 Å². The number of carboxylic acid groups (broad SMARTS) is 1. The molecule has 1 saturated heterocycles. The van der Waals surface area contributed by atoms with E-state index in [1.807, 2.05) is 0 Å². The summed E-state index contributed by atoms with van der Waals surface area (Å²) in [6, 6.07) is 2.67. The Balaban J connectivity index is 1.80. The highest BCUT2D eigenvalue weighted by Crippen LogP contribution is 2.11. The average Bonchev–Trinajstić information content (AvgIpc) is 2.92. The van der Waals surface area contributed by atoms with Crippen LogP contribution in [0, 0.1) is 0 Å². The molecule has 0 aromatic carbocycles. The number of hydrogen-bond acceptors (Lipinski definition) is 4. The molecule has 2 amide bonds. The highest BCUT2D eigenvalue weighted by molar-refractivity contribution is 5.98. The number of carbonyl (C=O) groups excluding carboxylic acids is 1. The number of likely N-dealkylation sites (tertiary alicyclic amines) is 1. The van der Waals surface area contributed by atoms with E-state index in [-0.39, 0.29) is 11.4 Å². The minimum atomic E-state index is -1.17. The van der Waals surface area contributed by atoms with Gasteiger partial charge in [0.15, 0.2) is 5.69 Å². The first kappa shape index (κ1) is 14.3. The lowest BCUT2D eigenvalue weighted by Crippen LogP contribution is -2.36. The van der Waals surface area contributed by atoms with Crippen LogP contribution < -0.4 is 10.6 Å². The van der Waals surface area contributed by atoms with Crippen molar-refractivity contribution in [3.63, 3.8) is 0 Å². The van der Waals surface area contributed by atoms with Gasteiger partial charge >= 0.3 is 12.0 Å². The molecule has 0 saturated carbocycles. The third-order valence-electron chi connectivity index (χ3n) is 3.17. The van der Waals surface area contributed by atoms with Gasteiger partial charge in [0.1, 0.15) is 0 Å². The molecular formula is C13H18N4O3. The maximum absolute atomic E-state index is 11.7. The zero-order valence-corrected chi connectivity index (χ0v) is 11.1. The summed E-state index contributed by atoms with van der Waals surface area (Å²) in [6.07, 6.45) is 3.80. The number of anilines is 1. The van der Waals surface area contributed by atoms with E-state index in [9.17, 15) is 9.59 Å². The third kappa shape index (κ3) is 3.92. The van der Waals surface area contributed by atoms with E-state index >= 15 is 0 Å². The van der Waals surface area contributed by atoms with E-state index in [1.54, 1.807) is 6.07 Å². The van der Waals surface area contributed by atoms with Gasteiger partial charge in [0.2, 0.25) is 0 Å². The fraction of sp³-hybridized carbons (Fsp3) is 0.462. The van der Waals surface area contributed by atoms with Crippen molar-refractivity contribution in [2.24, 2.45) is 0 Å². The molecular weight excluding hydrogens is 260 g/mol. The highest BCUT2D eigenvalue weighted by atomic mass is 16.4. The first-order chi connectivity index (χ1) is 9.66. The minimum Gasteiger partial charge on any atom is -0.476 e. The van der Waals surface area contributed by atoms with Crippen molar-refractivity contribution >= 4 is 17.7 Å². The smallest absolute Gasteiger partial charge is 0.356 e. The van der Waals surface area contributed by atoms with Crippen LogP contribution >= 0.6 is 0 Å². The molecule has 1 aromatic rings. The number of urea groups is 1. The maximum Gasteiger partial charge on any atom is 0.356 e. The normalized spacial score (nSPS) is 15.0. The Morgan fingerprint density at radius 3 is 2.80 bits per heavy atom. The van der Waals surface area contributed by atoms with Crippen molar-refractivity contribution < 1.29 is 14.7 Å². The average molecular weight is 278 g/mol. The molecule has 7 nitrogen and oxygen atoms in total. The predicted molar refractivity (Wildman–Crippen MR) is 73.9 cm³/mol. The van der Waals surface area contributed by atoms with E-state index < -0.39 is 12.0 Å². The topological polar surface area (TPSA) is 94.6 Å². The van der Waals surface area contributed by atoms with Crippen LogP contribution in [0.1, 0.15) is 23.3 Å². The summed E-state index contributed by atoms with van der Waals surface area (Å²) in [7, 11) is 0. The standard InChI is InChI=1S/C13H18N4O3/c18-12(19)11-10(4-3-5-14-11)16-13(20)15-6-9-17-7-1-2-8-17/h3-5H,1-2,6-9H2,(H,18,19)(H2,15,16,20). The second kappa shape index (κ2) is 6.85. The van der Waals surface area contributed by atoms with Crippen LogP contribution in [-0.2, 0) is 0 Å². The maximum atomic E-state index is 11.7. The van der Waals surface area contributed by atoms with E-state index in [0.29, 0.717) is 6.54 Å². The number of rotatable bonds is 5. The van der Waals surface area contributed by atoms with Gasteiger partial charge in [-0.05, 0) is 38.1 Å². The lowest BCUT2D eigenvalue weighted by atomic mass is 10.3. The van der Waals surface area contributed by atoms with Gasteiger partial charge in [-0.15, -0.1) is 0 Å². The Kier molecular flexibility index (Phi) is 4.89. The summed E-state index contributed by atoms with van der Waals surface area (Å²) >= 11 is 0. The van der Waals surface area contributed by atoms with Gasteiger partial charge in [0.25, 0.3) is 0 Å². The summed E-state index contributed by atoms with van der Waals surface area (Å²) in [6.45, 7) is 3.50. The number of pyridine rings is 1. The van der Waals surface area contributed by atoms with E-state index in [4.69, 9.17) is 5.11 Å². The molecule has 7 heteroatoms. The molecule has 20 heavy (non-hydrogen) atoms. The number of aromatic carboxylic acids is 1. The van der Waals surface area contributed by atoms with Gasteiger partial charge in [-0.2, -0.15) is 0 Å². The molecule has 0 aliphatic carbocycles. The van der Waals surface area contributed by atoms with Crippen molar-refractivity contribution in [2.45, 2.75) is 12.8 Å². The first-order valence-corrected chi connectivity index (χ1v) is 6.62. The number of amides is 2. The molecule has 1 fully saturated rings. The highest BCUT2D eigenvalue weighted by Gasteiger charge is 2.14. The Morgan fingerprint density at radius 2 is 2.10 bits per heavy atom. The number of carbonyl (C=O) groups is 2. The molecule has 0 spiro atoms. The SMILES string of the molecule is O=C(NCCN1CCCC1)Nc1cccnc1C(=O)O. The number of aromatic nitrogens is 1. The molecule has 2 rings (SSSR count). The summed E-state index contributed by atoms with van der Waals surface area (Å²) in [4.78, 5) is 28.7. The largest absolute Gasteiger partial charge is 0.476 e. The fourth-order valence-electron chi connectivity index (χ4n) is 2.18. The van der Waals surface area contributed by atoms with Crippen LogP contribution in [0.4, 0.5) is 10.5 Å². The molecule has 0 unspecified atom stereocenters. The number of hydrogen-bond donors (Lipinski definition) is 3. The molecule has 1 aliphatic heterocycles. The molecule has 0 bridgehead atoms. The molecule has 3 N–H and O–H groups in total. The van der Waals surface area contributed by atoms with Gasteiger partial charge in [-0.3, -0.25) is 0 Å². The minimum absolute atomic E-state index is 0.165. The number of carboxylic acids is 1. The predicted octanol–water partition coefficient (Wildman–Crippen LogP) is 0.997. The fourth-order valence-corrected chi connectivity index (χ4v) is 2.18. The van der Waals surface area contributed by atoms with E-state index in [2.05, 4.69) is 20.5 Å². The van der Waals surface area contributed by atoms with Crippen LogP contribution in [0.15, 0.2) is 18.3 Å². The van der Waals surface area contributed by atoms with Crippen molar-refractivity contribution in [3.05, 3.63) is 24.0 Å². The summed E-state index contributed by atoms with van der Waals surface area (Å²) in [5.41, 5.74) is 0.0286. The second-order valence-corrected chi connectivity index (χ2v) is 4.63. The monoisotopic (exact) mass is 278 g/mol. The summed E-state index contributed by atoms with van der Waals surface area (Å²) in [5.74, 6) is -1.17. The van der Waals surface area contributed by atoms with Gasteiger partial charge in [-0.25, -0.2) is 14.6 Å². The second-order valence-electron chi connectivity index (χ2n) is 4.63. The van der Waals surface area contributed by atoms with E-state index in [1.165, 1.54) is 25.1 Å². The Bertz CT molecular complexity index is 486. The molecule has 2 heterocycles. The lowest BCUT2D eigenvalue weighted by Gasteiger charge is -2.15. The van der Waals surface area contributed by atoms with Gasteiger partial charge in [-0.1, -0.05) is 0 Å². The Labute approximate surface area is 117 Å². The van der Waals surface area contributed by atoms with Gasteiger partial charge in [0.05, 0.1) is 5.69 Å². The Hall–Kier alpha value is -2.15. The molecule has 1 aromatic heterocycles. The lowest BCUT2D eigenvalue weighted by molar-refractivity contribution is 0.0692. The molecule has 0 atom stereocenters. The molecule has 1 aliphatic rings. The summed E-state index contributed by atoms with van der Waals surface area (Å²) < 4.78 is 0. The van der Waals surface area contributed by atoms with Crippen LogP contribution in [0.3, 0.4) is 0 Å². The van der Waals surface area contributed by atoms with Gasteiger partial charge < -0.3 is 20.6 Å². The van der Waals surface area contributed by atoms with Crippen LogP contribution in [0.2, 0.25) is 0 Å². The van der Waals surface area contributed by atoms with Crippen LogP contribution in [0.5, 0.6) is 0 Å². The molecule has 108 valence electrons. The summed E-state index contributed by atoms with van der Waals surface area (Å²) in [5, 5.41) is 14.2. The Morgan fingerprint density at radius 1 is 1.35 bits per heavy atom. The third-order valence-corrected chi connectivity index (χ3v) is 3.17. The van der Waals surface area contributed by atoms with Crippen molar-refractivity contribution in [1.82, 2.24) is 15.2 Å².